The highest BCUT2D eigenvalue weighted by Gasteiger charge is 2.34. The monoisotopic (exact) mass is 475 g/mol. The van der Waals surface area contributed by atoms with E-state index in [1.165, 1.54) is 12.8 Å². The van der Waals surface area contributed by atoms with Crippen molar-refractivity contribution < 1.29 is 4.39 Å². The number of halogens is 2. The summed E-state index contributed by atoms with van der Waals surface area (Å²) in [6, 6.07) is 8.72. The minimum absolute atomic E-state index is 0.0536. The quantitative estimate of drug-likeness (QED) is 0.427. The minimum Gasteiger partial charge on any atom is -0.361 e. The van der Waals surface area contributed by atoms with E-state index in [-0.39, 0.29) is 11.2 Å². The Bertz CT molecular complexity index is 932. The maximum Gasteiger partial charge on any atom is 0.232 e. The third-order valence-electron chi connectivity index (χ3n) is 6.74. The standard InChI is InChI=1S/C24H31ClFN5S/c1-17-6-5-13-31(15-17)21-14-20(25)28-22(29-21)30-23(32)27-16-24(11-3-2-4-12-24)18-7-9-19(26)10-8-18/h7-10,14,17H,2-6,11-13,15-16H2,1H3,(H2,27,28,29,30,32)/t17-/m1/s1. The number of nitrogens with zero attached hydrogens (tertiary/aromatic N) is 3. The smallest absolute Gasteiger partial charge is 0.232 e. The van der Waals surface area contributed by atoms with E-state index in [9.17, 15) is 4.39 Å². The Balaban J connectivity index is 1.43. The molecule has 2 aromatic rings. The SMILES string of the molecule is C[C@@H]1CCCN(c2cc(Cl)nc(NC(=S)NCC3(c4ccc(F)cc4)CCCCC3)n2)C1. The second-order valence-corrected chi connectivity index (χ2v) is 10.0. The number of hydrogen-bond acceptors (Lipinski definition) is 4. The van der Waals surface area contributed by atoms with Gasteiger partial charge in [0.15, 0.2) is 5.11 Å². The Morgan fingerprint density at radius 2 is 1.94 bits per heavy atom. The Morgan fingerprint density at radius 1 is 1.19 bits per heavy atom. The van der Waals surface area contributed by atoms with Crippen molar-refractivity contribution in [2.24, 2.45) is 5.92 Å². The second-order valence-electron chi connectivity index (χ2n) is 9.22. The van der Waals surface area contributed by atoms with E-state index in [1.54, 1.807) is 12.1 Å². The zero-order chi connectivity index (χ0) is 22.6. The summed E-state index contributed by atoms with van der Waals surface area (Å²) in [6.07, 6.45) is 8.06. The van der Waals surface area contributed by atoms with Crippen LogP contribution in [0.3, 0.4) is 0 Å². The molecule has 1 aliphatic carbocycles. The van der Waals surface area contributed by atoms with Gasteiger partial charge in [0.05, 0.1) is 0 Å². The van der Waals surface area contributed by atoms with Crippen LogP contribution < -0.4 is 15.5 Å². The van der Waals surface area contributed by atoms with Gasteiger partial charge >= 0.3 is 0 Å². The first-order valence-corrected chi connectivity index (χ1v) is 12.3. The first-order valence-electron chi connectivity index (χ1n) is 11.5. The summed E-state index contributed by atoms with van der Waals surface area (Å²) in [7, 11) is 0. The van der Waals surface area contributed by atoms with Crippen molar-refractivity contribution in [1.82, 2.24) is 15.3 Å². The molecule has 0 unspecified atom stereocenters. The molecular weight excluding hydrogens is 445 g/mol. The van der Waals surface area contributed by atoms with Gasteiger partial charge in [-0.2, -0.15) is 4.98 Å². The van der Waals surface area contributed by atoms with Gasteiger partial charge in [-0.05, 0) is 61.5 Å². The van der Waals surface area contributed by atoms with Gasteiger partial charge < -0.3 is 15.5 Å². The first kappa shape index (κ1) is 23.2. The molecule has 4 rings (SSSR count). The zero-order valence-corrected chi connectivity index (χ0v) is 20.1. The van der Waals surface area contributed by atoms with Gasteiger partial charge in [0.2, 0.25) is 5.95 Å². The summed E-state index contributed by atoms with van der Waals surface area (Å²) in [5, 5.41) is 7.35. The molecular formula is C24H31ClFN5S. The average molecular weight is 476 g/mol. The van der Waals surface area contributed by atoms with E-state index < -0.39 is 0 Å². The number of thiocarbonyl (C=S) groups is 1. The molecule has 5 nitrogen and oxygen atoms in total. The third kappa shape index (κ3) is 5.67. The number of rotatable bonds is 5. The zero-order valence-electron chi connectivity index (χ0n) is 18.5. The molecule has 0 amide bonds. The number of anilines is 2. The molecule has 8 heteroatoms. The Morgan fingerprint density at radius 3 is 2.66 bits per heavy atom. The molecule has 1 aromatic heterocycles. The van der Waals surface area contributed by atoms with E-state index in [4.69, 9.17) is 23.8 Å². The van der Waals surface area contributed by atoms with E-state index in [0.29, 0.717) is 28.7 Å². The van der Waals surface area contributed by atoms with Crippen LogP contribution in [0.4, 0.5) is 16.2 Å². The fourth-order valence-corrected chi connectivity index (χ4v) is 5.36. The number of hydrogen-bond donors (Lipinski definition) is 2. The van der Waals surface area contributed by atoms with E-state index in [1.807, 2.05) is 18.2 Å². The minimum atomic E-state index is -0.207. The van der Waals surface area contributed by atoms with Gasteiger partial charge in [-0.1, -0.05) is 49.9 Å². The molecule has 0 spiro atoms. The highest BCUT2D eigenvalue weighted by atomic mass is 35.5. The Kier molecular flexibility index (Phi) is 7.46. The summed E-state index contributed by atoms with van der Waals surface area (Å²) >= 11 is 11.9. The van der Waals surface area contributed by atoms with Crippen molar-refractivity contribution in [3.05, 3.63) is 46.9 Å². The van der Waals surface area contributed by atoms with E-state index >= 15 is 0 Å². The largest absolute Gasteiger partial charge is 0.361 e. The molecule has 0 radical (unpaired) electrons. The van der Waals surface area contributed by atoms with Crippen LogP contribution in [-0.4, -0.2) is 34.7 Å². The topological polar surface area (TPSA) is 53.1 Å². The van der Waals surface area contributed by atoms with Crippen LogP contribution in [0.5, 0.6) is 0 Å². The van der Waals surface area contributed by atoms with Crippen LogP contribution in [0.2, 0.25) is 5.15 Å². The Labute approximate surface area is 200 Å². The fraction of sp³-hybridized carbons (Fsp3) is 0.542. The van der Waals surface area contributed by atoms with Crippen LogP contribution >= 0.6 is 23.8 Å². The van der Waals surface area contributed by atoms with Crippen molar-refractivity contribution in [1.29, 1.82) is 0 Å². The average Bonchev–Trinajstić information content (AvgIpc) is 2.78. The highest BCUT2D eigenvalue weighted by Crippen LogP contribution is 2.39. The second kappa shape index (κ2) is 10.3. The molecule has 2 aliphatic rings. The summed E-state index contributed by atoms with van der Waals surface area (Å²) in [5.74, 6) is 1.66. The van der Waals surface area contributed by atoms with Crippen molar-refractivity contribution in [2.75, 3.05) is 29.9 Å². The summed E-state index contributed by atoms with van der Waals surface area (Å²) in [5.41, 5.74) is 1.11. The molecule has 0 bridgehead atoms. The number of benzene rings is 1. The molecule has 32 heavy (non-hydrogen) atoms. The van der Waals surface area contributed by atoms with Crippen molar-refractivity contribution in [3.63, 3.8) is 0 Å². The van der Waals surface area contributed by atoms with E-state index in [0.717, 1.165) is 56.6 Å². The van der Waals surface area contributed by atoms with Crippen LogP contribution in [0.1, 0.15) is 57.4 Å². The molecule has 2 fully saturated rings. The molecule has 2 heterocycles. The predicted molar refractivity (Wildman–Crippen MR) is 133 cm³/mol. The van der Waals surface area contributed by atoms with Crippen LogP contribution in [-0.2, 0) is 5.41 Å². The molecule has 1 saturated carbocycles. The fourth-order valence-electron chi connectivity index (χ4n) is 5.02. The van der Waals surface area contributed by atoms with Crippen LogP contribution in [0.15, 0.2) is 30.3 Å². The highest BCUT2D eigenvalue weighted by molar-refractivity contribution is 7.80. The predicted octanol–water partition coefficient (Wildman–Crippen LogP) is 5.69. The molecule has 1 aromatic carbocycles. The van der Waals surface area contributed by atoms with E-state index in [2.05, 4.69) is 32.4 Å². The van der Waals surface area contributed by atoms with Crippen molar-refractivity contribution >= 4 is 40.7 Å². The summed E-state index contributed by atoms with van der Waals surface area (Å²) < 4.78 is 13.5. The van der Waals surface area contributed by atoms with Gasteiger partial charge in [-0.3, -0.25) is 0 Å². The number of nitrogens with one attached hydrogen (secondary N) is 2. The van der Waals surface area contributed by atoms with Gasteiger partial charge in [-0.15, -0.1) is 0 Å². The Hall–Kier alpha value is -1.99. The molecule has 1 aliphatic heterocycles. The first-order chi connectivity index (χ1) is 15.4. The van der Waals surface area contributed by atoms with Gasteiger partial charge in [0.1, 0.15) is 16.8 Å². The molecule has 1 atom stereocenters. The lowest BCUT2D eigenvalue weighted by molar-refractivity contribution is 0.292. The molecule has 1 saturated heterocycles. The van der Waals surface area contributed by atoms with Crippen LogP contribution in [0, 0.1) is 11.7 Å². The van der Waals surface area contributed by atoms with Crippen LogP contribution in [0.25, 0.3) is 0 Å². The maximum atomic E-state index is 13.5. The third-order valence-corrected chi connectivity index (χ3v) is 7.18. The maximum absolute atomic E-state index is 13.5. The lowest BCUT2D eigenvalue weighted by Crippen LogP contribution is -2.43. The molecule has 2 N–H and O–H groups in total. The normalized spacial score (nSPS) is 20.6. The van der Waals surface area contributed by atoms with Gasteiger partial charge in [0.25, 0.3) is 0 Å². The van der Waals surface area contributed by atoms with Crippen molar-refractivity contribution in [3.8, 4) is 0 Å². The lowest BCUT2D eigenvalue weighted by Gasteiger charge is -2.38. The summed E-state index contributed by atoms with van der Waals surface area (Å²) in [6.45, 7) is 4.88. The summed E-state index contributed by atoms with van der Waals surface area (Å²) in [4.78, 5) is 11.2. The van der Waals surface area contributed by atoms with Gasteiger partial charge in [-0.25, -0.2) is 9.37 Å². The number of aromatic nitrogens is 2. The van der Waals surface area contributed by atoms with Gasteiger partial charge in [0, 0.05) is 31.1 Å². The van der Waals surface area contributed by atoms with Crippen molar-refractivity contribution in [2.45, 2.75) is 57.3 Å². The molecule has 172 valence electrons. The number of piperidine rings is 1. The lowest BCUT2D eigenvalue weighted by atomic mass is 9.69.